The van der Waals surface area contributed by atoms with Crippen LogP contribution in [0.3, 0.4) is 0 Å². The van der Waals surface area contributed by atoms with Gasteiger partial charge in [-0.25, -0.2) is 0 Å². The van der Waals surface area contributed by atoms with Crippen LogP contribution in [-0.4, -0.2) is 18.5 Å². The average Bonchev–Trinajstić information content (AvgIpc) is 2.06. The monoisotopic (exact) mass is 176 g/mol. The van der Waals surface area contributed by atoms with Gasteiger partial charge in [-0.3, -0.25) is 0 Å². The molecule has 0 fully saturated rings. The number of anilines is 1. The fourth-order valence-corrected chi connectivity index (χ4v) is 2.03. The number of rotatable bonds is 0. The van der Waals surface area contributed by atoms with Crippen molar-refractivity contribution in [2.45, 2.75) is 19.9 Å². The third kappa shape index (κ3) is 1.54. The number of likely N-dealkylation sites (N-methyl/N-ethyl adjacent to an activating group) is 1. The Hall–Kier alpha value is -1.02. The van der Waals surface area contributed by atoms with Crippen molar-refractivity contribution in [3.63, 3.8) is 0 Å². The van der Waals surface area contributed by atoms with E-state index < -0.39 is 0 Å². The second kappa shape index (κ2) is 3.04. The Kier molecular flexibility index (Phi) is 2.00. The molecule has 0 spiro atoms. The number of benzene rings is 1. The van der Waals surface area contributed by atoms with Gasteiger partial charge in [0.15, 0.2) is 0 Å². The van der Waals surface area contributed by atoms with Crippen molar-refractivity contribution in [1.29, 1.82) is 0 Å². The predicted molar refractivity (Wildman–Crippen MR) is 55.6 cm³/mol. The number of hydrogen-bond acceptors (Lipinski definition) is 2. The zero-order valence-corrected chi connectivity index (χ0v) is 8.30. The lowest BCUT2D eigenvalue weighted by Crippen LogP contribution is -2.27. The summed E-state index contributed by atoms with van der Waals surface area (Å²) in [4.78, 5) is 2.35. The molecule has 2 nitrogen and oxygen atoms in total. The van der Waals surface area contributed by atoms with Crippen molar-refractivity contribution in [3.8, 4) is 0 Å². The molecule has 1 aromatic rings. The lowest BCUT2D eigenvalue weighted by Gasteiger charge is -2.26. The summed E-state index contributed by atoms with van der Waals surface area (Å²) in [5.41, 5.74) is 11.0. The summed E-state index contributed by atoms with van der Waals surface area (Å²) in [6.45, 7) is 4.37. The van der Waals surface area contributed by atoms with Gasteiger partial charge in [0.1, 0.15) is 0 Å². The van der Waals surface area contributed by atoms with Gasteiger partial charge in [-0.2, -0.15) is 0 Å². The fraction of sp³-hybridized carbons (Fsp3) is 0.455. The van der Waals surface area contributed by atoms with Crippen LogP contribution in [0.25, 0.3) is 0 Å². The topological polar surface area (TPSA) is 29.3 Å². The zero-order chi connectivity index (χ0) is 9.42. The first-order valence-corrected chi connectivity index (χ1v) is 4.73. The highest BCUT2D eigenvalue weighted by molar-refractivity contribution is 5.50. The van der Waals surface area contributed by atoms with E-state index in [1.165, 1.54) is 16.7 Å². The maximum absolute atomic E-state index is 5.80. The van der Waals surface area contributed by atoms with E-state index in [1.807, 2.05) is 0 Å². The maximum Gasteiger partial charge on any atom is 0.0319 e. The maximum atomic E-state index is 5.80. The van der Waals surface area contributed by atoms with Crippen molar-refractivity contribution in [3.05, 3.63) is 28.8 Å². The van der Waals surface area contributed by atoms with Crippen molar-refractivity contribution < 1.29 is 0 Å². The molecule has 13 heavy (non-hydrogen) atoms. The van der Waals surface area contributed by atoms with Gasteiger partial charge in [0.2, 0.25) is 0 Å². The van der Waals surface area contributed by atoms with Crippen molar-refractivity contribution in [2.75, 3.05) is 19.3 Å². The molecule has 1 heterocycles. The van der Waals surface area contributed by atoms with E-state index in [0.29, 0.717) is 0 Å². The van der Waals surface area contributed by atoms with E-state index in [4.69, 9.17) is 5.73 Å². The van der Waals surface area contributed by atoms with Crippen LogP contribution in [-0.2, 0) is 13.0 Å². The fourth-order valence-electron chi connectivity index (χ4n) is 2.03. The smallest absolute Gasteiger partial charge is 0.0319 e. The second-order valence-corrected chi connectivity index (χ2v) is 3.96. The summed E-state index contributed by atoms with van der Waals surface area (Å²) in [6.07, 6.45) is 1.14. The number of fused-ring (bicyclic) bond motifs is 1. The molecule has 0 bridgehead atoms. The molecular formula is C11H16N2. The van der Waals surface area contributed by atoms with Gasteiger partial charge in [-0.15, -0.1) is 0 Å². The summed E-state index contributed by atoms with van der Waals surface area (Å²) in [5.74, 6) is 0. The largest absolute Gasteiger partial charge is 0.399 e. The Labute approximate surface area is 79.4 Å². The number of hydrogen-bond donors (Lipinski definition) is 1. The van der Waals surface area contributed by atoms with Crippen molar-refractivity contribution in [2.24, 2.45) is 0 Å². The van der Waals surface area contributed by atoms with Crippen LogP contribution in [0, 0.1) is 6.92 Å². The molecule has 2 N–H and O–H groups in total. The summed E-state index contributed by atoms with van der Waals surface area (Å²) in [7, 11) is 2.17. The summed E-state index contributed by atoms with van der Waals surface area (Å²) >= 11 is 0. The summed E-state index contributed by atoms with van der Waals surface area (Å²) in [5, 5.41) is 0. The number of nitrogens with two attached hydrogens (primary N) is 1. The minimum Gasteiger partial charge on any atom is -0.399 e. The van der Waals surface area contributed by atoms with Gasteiger partial charge in [0, 0.05) is 18.8 Å². The Morgan fingerprint density at radius 2 is 2.15 bits per heavy atom. The Balaban J connectivity index is 2.47. The lowest BCUT2D eigenvalue weighted by molar-refractivity contribution is 0.312. The minimum absolute atomic E-state index is 0.904. The molecule has 1 aromatic carbocycles. The van der Waals surface area contributed by atoms with Crippen LogP contribution in [0.4, 0.5) is 5.69 Å². The van der Waals surface area contributed by atoms with Crippen LogP contribution < -0.4 is 5.73 Å². The Morgan fingerprint density at radius 1 is 1.38 bits per heavy atom. The van der Waals surface area contributed by atoms with Crippen molar-refractivity contribution >= 4 is 5.69 Å². The van der Waals surface area contributed by atoms with Crippen LogP contribution in [0.15, 0.2) is 12.1 Å². The molecule has 70 valence electrons. The zero-order valence-electron chi connectivity index (χ0n) is 8.30. The Morgan fingerprint density at radius 3 is 2.92 bits per heavy atom. The molecule has 1 aliphatic heterocycles. The highest BCUT2D eigenvalue weighted by Crippen LogP contribution is 2.24. The summed E-state index contributed by atoms with van der Waals surface area (Å²) in [6, 6.07) is 4.19. The van der Waals surface area contributed by atoms with E-state index in [-0.39, 0.29) is 0 Å². The first-order valence-electron chi connectivity index (χ1n) is 4.73. The first-order chi connectivity index (χ1) is 6.16. The molecule has 0 saturated carbocycles. The average molecular weight is 176 g/mol. The van der Waals surface area contributed by atoms with E-state index in [9.17, 15) is 0 Å². The van der Waals surface area contributed by atoms with Crippen LogP contribution >= 0.6 is 0 Å². The highest BCUT2D eigenvalue weighted by atomic mass is 15.1. The lowest BCUT2D eigenvalue weighted by atomic mass is 9.95. The number of nitrogens with zero attached hydrogens (tertiary/aromatic N) is 1. The van der Waals surface area contributed by atoms with Crippen LogP contribution in [0.1, 0.15) is 16.7 Å². The molecule has 0 aliphatic carbocycles. The standard InChI is InChI=1S/C11H16N2/c1-8-5-10(12)6-9-3-4-13(2)7-11(8)9/h5-6H,3-4,7,12H2,1-2H3. The molecule has 0 radical (unpaired) electrons. The SMILES string of the molecule is Cc1cc(N)cc2c1CN(C)CC2. The van der Waals surface area contributed by atoms with Crippen LogP contribution in [0.2, 0.25) is 0 Å². The van der Waals surface area contributed by atoms with Gasteiger partial charge in [-0.05, 0) is 49.2 Å². The minimum atomic E-state index is 0.904. The molecule has 1 aliphatic rings. The third-order valence-electron chi connectivity index (χ3n) is 2.78. The molecule has 2 rings (SSSR count). The van der Waals surface area contributed by atoms with Gasteiger partial charge >= 0.3 is 0 Å². The predicted octanol–water partition coefficient (Wildman–Crippen LogP) is 1.57. The number of aryl methyl sites for hydroxylation is 1. The van der Waals surface area contributed by atoms with Gasteiger partial charge in [-0.1, -0.05) is 0 Å². The van der Waals surface area contributed by atoms with Crippen LogP contribution in [0.5, 0.6) is 0 Å². The quantitative estimate of drug-likeness (QED) is 0.608. The second-order valence-electron chi connectivity index (χ2n) is 3.96. The molecule has 2 heteroatoms. The van der Waals surface area contributed by atoms with E-state index in [0.717, 1.165) is 25.2 Å². The van der Waals surface area contributed by atoms with E-state index in [2.05, 4.69) is 31.0 Å². The molecule has 0 unspecified atom stereocenters. The molecule has 0 amide bonds. The normalized spacial score (nSPS) is 17.1. The molecule has 0 saturated heterocycles. The van der Waals surface area contributed by atoms with E-state index in [1.54, 1.807) is 0 Å². The molecule has 0 atom stereocenters. The molecular weight excluding hydrogens is 160 g/mol. The van der Waals surface area contributed by atoms with E-state index >= 15 is 0 Å². The highest BCUT2D eigenvalue weighted by Gasteiger charge is 2.14. The van der Waals surface area contributed by atoms with Gasteiger partial charge in [0.25, 0.3) is 0 Å². The van der Waals surface area contributed by atoms with Crippen molar-refractivity contribution in [1.82, 2.24) is 4.90 Å². The first kappa shape index (κ1) is 8.57. The summed E-state index contributed by atoms with van der Waals surface area (Å²) < 4.78 is 0. The third-order valence-corrected chi connectivity index (χ3v) is 2.78. The van der Waals surface area contributed by atoms with Gasteiger partial charge < -0.3 is 10.6 Å². The van der Waals surface area contributed by atoms with Gasteiger partial charge in [0.05, 0.1) is 0 Å². The number of nitrogen functional groups attached to an aromatic ring is 1. The molecule has 0 aromatic heterocycles. The Bertz CT molecular complexity index is 331.